The molecule has 0 saturated carbocycles. The van der Waals surface area contributed by atoms with Gasteiger partial charge in [0.05, 0.1) is 13.7 Å². The average Bonchev–Trinajstić information content (AvgIpc) is 2.47. The largest absolute Gasteiger partial charge is 0.497 e. The molecule has 3 N–H and O–H groups in total. The first-order valence-corrected chi connectivity index (χ1v) is 6.13. The highest BCUT2D eigenvalue weighted by atomic mass is 127. The van der Waals surface area contributed by atoms with Gasteiger partial charge in [-0.25, -0.2) is 9.38 Å². The Bertz CT molecular complexity index is 602. The number of benzene rings is 2. The molecule has 0 aromatic heterocycles. The zero-order chi connectivity index (χ0) is 14.4. The van der Waals surface area contributed by atoms with Crippen LogP contribution in [0.1, 0.15) is 5.56 Å². The van der Waals surface area contributed by atoms with Crippen molar-refractivity contribution in [3.05, 3.63) is 59.9 Å². The number of nitrogens with two attached hydrogens (primary N) is 1. The molecule has 0 fully saturated rings. The van der Waals surface area contributed by atoms with E-state index in [0.717, 1.165) is 11.4 Å². The van der Waals surface area contributed by atoms with Gasteiger partial charge in [0, 0.05) is 11.3 Å². The molecular weight excluding hydrogens is 384 g/mol. The highest BCUT2D eigenvalue weighted by Gasteiger charge is 2.00. The van der Waals surface area contributed by atoms with Crippen molar-refractivity contribution in [1.29, 1.82) is 0 Å². The molecule has 0 bridgehead atoms. The highest BCUT2D eigenvalue weighted by Crippen LogP contribution is 2.14. The molecule has 2 rings (SSSR count). The molecule has 0 saturated heterocycles. The Balaban J connectivity index is 0.00000220. The van der Waals surface area contributed by atoms with Crippen LogP contribution in [-0.4, -0.2) is 13.1 Å². The van der Waals surface area contributed by atoms with E-state index in [1.54, 1.807) is 25.3 Å². The Morgan fingerprint density at radius 1 is 1.19 bits per heavy atom. The van der Waals surface area contributed by atoms with Crippen LogP contribution in [0.25, 0.3) is 0 Å². The first-order valence-electron chi connectivity index (χ1n) is 6.13. The Morgan fingerprint density at radius 3 is 2.48 bits per heavy atom. The van der Waals surface area contributed by atoms with Crippen molar-refractivity contribution in [3.63, 3.8) is 0 Å². The second-order valence-corrected chi connectivity index (χ2v) is 4.15. The number of nitrogens with zero attached hydrogens (tertiary/aromatic N) is 1. The van der Waals surface area contributed by atoms with Crippen LogP contribution in [0.5, 0.6) is 5.75 Å². The van der Waals surface area contributed by atoms with Gasteiger partial charge in [-0.1, -0.05) is 18.2 Å². The normalized spacial score (nSPS) is 10.7. The Labute approximate surface area is 140 Å². The molecule has 21 heavy (non-hydrogen) atoms. The predicted molar refractivity (Wildman–Crippen MR) is 93.8 cm³/mol. The molecule has 0 unspecified atom stereocenters. The standard InChI is InChI=1S/C15H16FN3O.HI/c1-20-13-8-6-12(7-9-13)19-15(17)18-10-11-4-2-3-5-14(11)16;/h2-9H,10H2,1H3,(H3,17,18,19);1H. The van der Waals surface area contributed by atoms with Gasteiger partial charge in [0.25, 0.3) is 0 Å². The number of guanidine groups is 1. The third-order valence-electron chi connectivity index (χ3n) is 2.74. The van der Waals surface area contributed by atoms with E-state index < -0.39 is 0 Å². The van der Waals surface area contributed by atoms with Crippen LogP contribution in [-0.2, 0) is 6.54 Å². The smallest absolute Gasteiger partial charge is 0.193 e. The Morgan fingerprint density at radius 2 is 1.86 bits per heavy atom. The zero-order valence-electron chi connectivity index (χ0n) is 11.5. The van der Waals surface area contributed by atoms with E-state index in [9.17, 15) is 4.39 Å². The van der Waals surface area contributed by atoms with E-state index in [2.05, 4.69) is 10.3 Å². The summed E-state index contributed by atoms with van der Waals surface area (Å²) in [5, 5.41) is 2.93. The molecule has 112 valence electrons. The lowest BCUT2D eigenvalue weighted by Crippen LogP contribution is -2.22. The van der Waals surface area contributed by atoms with Crippen molar-refractivity contribution in [2.75, 3.05) is 12.4 Å². The van der Waals surface area contributed by atoms with Crippen molar-refractivity contribution in [2.45, 2.75) is 6.54 Å². The fourth-order valence-corrected chi connectivity index (χ4v) is 1.66. The predicted octanol–water partition coefficient (Wildman–Crippen LogP) is 3.38. The van der Waals surface area contributed by atoms with Crippen LogP contribution in [0.3, 0.4) is 0 Å². The van der Waals surface area contributed by atoms with E-state index in [-0.39, 0.29) is 42.3 Å². The topological polar surface area (TPSA) is 59.6 Å². The first-order chi connectivity index (χ1) is 9.69. The number of halogens is 2. The molecule has 0 aliphatic heterocycles. The highest BCUT2D eigenvalue weighted by molar-refractivity contribution is 14.0. The summed E-state index contributed by atoms with van der Waals surface area (Å²) in [6, 6.07) is 13.8. The minimum absolute atomic E-state index is 0. The summed E-state index contributed by atoms with van der Waals surface area (Å²) in [4.78, 5) is 4.11. The van der Waals surface area contributed by atoms with Crippen molar-refractivity contribution in [3.8, 4) is 5.75 Å². The van der Waals surface area contributed by atoms with Crippen LogP contribution in [0.15, 0.2) is 53.5 Å². The van der Waals surface area contributed by atoms with Gasteiger partial charge < -0.3 is 15.8 Å². The van der Waals surface area contributed by atoms with Crippen molar-refractivity contribution >= 4 is 35.6 Å². The maximum atomic E-state index is 13.4. The molecule has 6 heteroatoms. The van der Waals surface area contributed by atoms with Crippen LogP contribution in [0.2, 0.25) is 0 Å². The van der Waals surface area contributed by atoms with E-state index in [4.69, 9.17) is 10.5 Å². The van der Waals surface area contributed by atoms with Crippen molar-refractivity contribution in [2.24, 2.45) is 10.7 Å². The third-order valence-corrected chi connectivity index (χ3v) is 2.74. The van der Waals surface area contributed by atoms with Gasteiger partial charge in [-0.3, -0.25) is 0 Å². The number of hydrogen-bond donors (Lipinski definition) is 2. The molecule has 0 amide bonds. The number of ether oxygens (including phenoxy) is 1. The zero-order valence-corrected chi connectivity index (χ0v) is 13.9. The monoisotopic (exact) mass is 401 g/mol. The molecule has 0 heterocycles. The van der Waals surface area contributed by atoms with E-state index in [1.165, 1.54) is 6.07 Å². The number of nitrogens with one attached hydrogen (secondary N) is 1. The minimum atomic E-state index is -0.284. The van der Waals surface area contributed by atoms with Gasteiger partial charge in [0.1, 0.15) is 11.6 Å². The van der Waals surface area contributed by atoms with Gasteiger partial charge in [0.15, 0.2) is 5.96 Å². The summed E-state index contributed by atoms with van der Waals surface area (Å²) in [5.41, 5.74) is 7.06. The molecular formula is C15H17FIN3O. The second-order valence-electron chi connectivity index (χ2n) is 4.15. The van der Waals surface area contributed by atoms with Gasteiger partial charge in [0.2, 0.25) is 0 Å². The lowest BCUT2D eigenvalue weighted by molar-refractivity contribution is 0.415. The number of rotatable bonds is 4. The number of hydrogen-bond acceptors (Lipinski definition) is 2. The molecule has 2 aromatic rings. The van der Waals surface area contributed by atoms with Crippen LogP contribution < -0.4 is 15.8 Å². The van der Waals surface area contributed by atoms with E-state index >= 15 is 0 Å². The van der Waals surface area contributed by atoms with Crippen molar-refractivity contribution in [1.82, 2.24) is 0 Å². The molecule has 2 aromatic carbocycles. The summed E-state index contributed by atoms with van der Waals surface area (Å²) in [6.45, 7) is 0.196. The fourth-order valence-electron chi connectivity index (χ4n) is 1.66. The van der Waals surface area contributed by atoms with E-state index in [0.29, 0.717) is 5.56 Å². The maximum absolute atomic E-state index is 13.4. The second kappa shape index (κ2) is 8.46. The Hall–Kier alpha value is -1.83. The summed E-state index contributed by atoms with van der Waals surface area (Å²) in [7, 11) is 1.60. The van der Waals surface area contributed by atoms with Gasteiger partial charge in [-0.15, -0.1) is 24.0 Å². The van der Waals surface area contributed by atoms with E-state index in [1.807, 2.05) is 24.3 Å². The molecule has 0 aliphatic rings. The molecule has 0 atom stereocenters. The number of methoxy groups -OCH3 is 1. The first kappa shape index (κ1) is 17.2. The number of anilines is 1. The Kier molecular flexibility index (Phi) is 6.93. The molecule has 4 nitrogen and oxygen atoms in total. The summed E-state index contributed by atoms with van der Waals surface area (Å²) in [6.07, 6.45) is 0. The summed E-state index contributed by atoms with van der Waals surface area (Å²) < 4.78 is 18.5. The third kappa shape index (κ3) is 5.22. The maximum Gasteiger partial charge on any atom is 0.193 e. The lowest BCUT2D eigenvalue weighted by Gasteiger charge is -2.07. The minimum Gasteiger partial charge on any atom is -0.497 e. The lowest BCUT2D eigenvalue weighted by atomic mass is 10.2. The molecule has 0 spiro atoms. The van der Waals surface area contributed by atoms with Crippen LogP contribution in [0.4, 0.5) is 10.1 Å². The van der Waals surface area contributed by atoms with Gasteiger partial charge >= 0.3 is 0 Å². The summed E-state index contributed by atoms with van der Waals surface area (Å²) >= 11 is 0. The summed E-state index contributed by atoms with van der Waals surface area (Å²) in [5.74, 6) is 0.712. The average molecular weight is 401 g/mol. The quantitative estimate of drug-likeness (QED) is 0.469. The SMILES string of the molecule is COc1ccc(NC(N)=NCc2ccccc2F)cc1.I. The molecule has 0 aliphatic carbocycles. The van der Waals surface area contributed by atoms with Gasteiger partial charge in [-0.05, 0) is 30.3 Å². The fraction of sp³-hybridized carbons (Fsp3) is 0.133. The van der Waals surface area contributed by atoms with Crippen LogP contribution in [0, 0.1) is 5.82 Å². The van der Waals surface area contributed by atoms with Crippen LogP contribution >= 0.6 is 24.0 Å². The molecule has 0 radical (unpaired) electrons. The van der Waals surface area contributed by atoms with Gasteiger partial charge in [-0.2, -0.15) is 0 Å². The number of aliphatic imine (C=N–C) groups is 1. The van der Waals surface area contributed by atoms with Crippen molar-refractivity contribution < 1.29 is 9.13 Å².